The zero-order valence-electron chi connectivity index (χ0n) is 32.7. The number of esters is 1. The zero-order valence-corrected chi connectivity index (χ0v) is 33.7. The maximum Gasteiger partial charge on any atom is 0.407 e. The third kappa shape index (κ3) is 11.7. The lowest BCUT2D eigenvalue weighted by atomic mass is 9.89. The summed E-state index contributed by atoms with van der Waals surface area (Å²) in [7, 11) is -2.24. The van der Waals surface area contributed by atoms with E-state index in [1.54, 1.807) is 27.7 Å². The number of hydrogen-bond donors (Lipinski definition) is 2. The van der Waals surface area contributed by atoms with Gasteiger partial charge in [0.25, 0.3) is 0 Å². The van der Waals surface area contributed by atoms with Crippen LogP contribution >= 0.6 is 0 Å². The molecule has 1 amide bonds. The van der Waals surface area contributed by atoms with Gasteiger partial charge in [-0.25, -0.2) is 15.5 Å². The number of amides is 1. The second-order valence-corrected chi connectivity index (χ2v) is 21.6. The predicted octanol–water partition coefficient (Wildman–Crippen LogP) is 6.74. The molecule has 0 spiro atoms. The van der Waals surface area contributed by atoms with Gasteiger partial charge in [0.15, 0.2) is 14.9 Å². The van der Waals surface area contributed by atoms with Crippen molar-refractivity contribution in [3.05, 3.63) is 46.6 Å². The Morgan fingerprint density at radius 1 is 1.10 bits per heavy atom. The van der Waals surface area contributed by atoms with Crippen LogP contribution in [0.25, 0.3) is 21.6 Å². The fourth-order valence-corrected chi connectivity index (χ4v) is 6.74. The van der Waals surface area contributed by atoms with E-state index in [-0.39, 0.29) is 17.7 Å². The fraction of sp³-hybridized carbons (Fsp3) is 0.694. The van der Waals surface area contributed by atoms with Crippen LogP contribution in [0.1, 0.15) is 87.6 Å². The first-order chi connectivity index (χ1) is 23.5. The Labute approximate surface area is 304 Å². The summed E-state index contributed by atoms with van der Waals surface area (Å²) in [6.07, 6.45) is 4.44. The predicted molar refractivity (Wildman–Crippen MR) is 197 cm³/mol. The van der Waals surface area contributed by atoms with Gasteiger partial charge < -0.3 is 24.0 Å². The number of ether oxygens (including phenoxy) is 3. The van der Waals surface area contributed by atoms with E-state index >= 15 is 0 Å². The maximum atomic E-state index is 13.1. The highest BCUT2D eigenvalue weighted by Crippen LogP contribution is 2.38. The number of rotatable bonds is 14. The highest BCUT2D eigenvalue weighted by molar-refractivity contribution is 6.74. The molecule has 3 atom stereocenters. The topological polar surface area (TPSA) is 176 Å². The number of hydrogen-bond acceptors (Lipinski definition) is 9. The van der Waals surface area contributed by atoms with Crippen LogP contribution in [0.5, 0.6) is 5.75 Å². The molecule has 14 nitrogen and oxygen atoms in total. The molecule has 1 aliphatic heterocycles. The summed E-state index contributed by atoms with van der Waals surface area (Å²) in [5.74, 6) is 5.72. The Kier molecular flexibility index (Phi) is 13.4. The number of alkyl carbamates (subject to hydrolysis) is 1. The van der Waals surface area contributed by atoms with E-state index in [0.29, 0.717) is 44.6 Å². The molecule has 51 heavy (non-hydrogen) atoms. The van der Waals surface area contributed by atoms with Crippen molar-refractivity contribution >= 4 is 20.4 Å². The summed E-state index contributed by atoms with van der Waals surface area (Å²) in [6, 6.07) is 5.98. The molecule has 0 bridgehead atoms. The zero-order chi connectivity index (χ0) is 38.4. The number of fused-ring (bicyclic) bond motifs is 1. The average Bonchev–Trinajstić information content (AvgIpc) is 3.40. The van der Waals surface area contributed by atoms with Gasteiger partial charge in [-0.1, -0.05) is 32.0 Å². The molecule has 1 aromatic heterocycles. The molecule has 0 aliphatic carbocycles. The van der Waals surface area contributed by atoms with E-state index in [0.717, 1.165) is 16.7 Å². The number of nitrogens with two attached hydrogens (primary N) is 1. The summed E-state index contributed by atoms with van der Waals surface area (Å²) in [6.45, 7) is 25.1. The lowest BCUT2D eigenvalue weighted by molar-refractivity contribution is -0.779. The maximum absolute atomic E-state index is 13.1. The van der Waals surface area contributed by atoms with Gasteiger partial charge in [0.2, 0.25) is 11.8 Å². The van der Waals surface area contributed by atoms with E-state index in [2.05, 4.69) is 77.0 Å². The van der Waals surface area contributed by atoms with Crippen LogP contribution in [0.3, 0.4) is 0 Å². The highest BCUT2D eigenvalue weighted by atomic mass is 28.4. The van der Waals surface area contributed by atoms with Crippen molar-refractivity contribution < 1.29 is 37.7 Å². The van der Waals surface area contributed by atoms with Gasteiger partial charge in [0.05, 0.1) is 24.8 Å². The molecule has 0 saturated heterocycles. The summed E-state index contributed by atoms with van der Waals surface area (Å²) in [4.78, 5) is 33.8. The number of aromatic nitrogens is 2. The summed E-state index contributed by atoms with van der Waals surface area (Å²) < 4.78 is 28.5. The van der Waals surface area contributed by atoms with E-state index in [1.807, 2.05) is 32.9 Å². The molecular formula is C36H60N7O7Si+. The molecule has 0 fully saturated rings. The molecule has 0 saturated carbocycles. The van der Waals surface area contributed by atoms with E-state index in [1.165, 1.54) is 0 Å². The third-order valence-corrected chi connectivity index (χ3v) is 13.7. The quantitative estimate of drug-likeness (QED) is 0.0314. The van der Waals surface area contributed by atoms with Crippen molar-refractivity contribution in [2.75, 3.05) is 13.1 Å². The molecule has 2 aromatic rings. The first kappa shape index (κ1) is 41.8. The van der Waals surface area contributed by atoms with E-state index in [4.69, 9.17) is 34.9 Å². The minimum absolute atomic E-state index is 0.0465. The van der Waals surface area contributed by atoms with Crippen molar-refractivity contribution in [1.29, 1.82) is 0 Å². The van der Waals surface area contributed by atoms with Gasteiger partial charge in [-0.15, -0.1) is 4.68 Å². The minimum Gasteiger partial charge on any atom is -0.486 e. The largest absolute Gasteiger partial charge is 0.486 e. The molecule has 0 radical (unpaired) electrons. The van der Waals surface area contributed by atoms with Crippen LogP contribution < -0.4 is 20.6 Å². The Bertz CT molecular complexity index is 1570. The molecule has 1 aromatic carbocycles. The minimum atomic E-state index is -2.24. The molecule has 3 N–H and O–H groups in total. The summed E-state index contributed by atoms with van der Waals surface area (Å²) in [5.41, 5.74) is 8.96. The Hall–Kier alpha value is -3.62. The normalized spacial score (nSPS) is 16.9. The Morgan fingerprint density at radius 3 is 2.35 bits per heavy atom. The standard InChI is InChI=1S/C36H59N7O7Si/c1-33(2,3)47-31(44)36(10,50-38)30-17-15-26-20-25(14-16-29(26)46-30)27-22-42(19-13-18-40-41-37)43(23-27)24-28(49-51(11,12)35(7,8)9)21-39-32(45)48-34(4,5)6/h14,16,20,22-23,28,30H,13,15,17-19,21,24,38H2,1-12H3/p+1/t28-,30+,36-/m0/s1. The van der Waals surface area contributed by atoms with Crippen molar-refractivity contribution in [3.63, 3.8) is 0 Å². The van der Waals surface area contributed by atoms with Crippen molar-refractivity contribution in [3.8, 4) is 16.9 Å². The van der Waals surface area contributed by atoms with Crippen molar-refractivity contribution in [2.45, 2.75) is 149 Å². The fourth-order valence-electron chi connectivity index (χ4n) is 5.40. The highest BCUT2D eigenvalue weighted by Gasteiger charge is 2.48. The van der Waals surface area contributed by atoms with Crippen LogP contribution in [0.4, 0.5) is 4.79 Å². The number of aryl methyl sites for hydroxylation is 2. The third-order valence-electron chi connectivity index (χ3n) is 9.15. The molecule has 284 valence electrons. The van der Waals surface area contributed by atoms with Crippen LogP contribution in [-0.2, 0) is 43.0 Å². The van der Waals surface area contributed by atoms with Gasteiger partial charge in [-0.2, -0.15) is 4.68 Å². The van der Waals surface area contributed by atoms with Gasteiger partial charge in [0.1, 0.15) is 29.2 Å². The molecule has 3 rings (SSSR count). The second-order valence-electron chi connectivity index (χ2n) is 16.9. The molecule has 2 heterocycles. The smallest absolute Gasteiger partial charge is 0.407 e. The number of carbonyl (C=O) groups excluding carboxylic acids is 2. The van der Waals surface area contributed by atoms with Crippen LogP contribution in [-0.4, -0.2) is 67.2 Å². The van der Waals surface area contributed by atoms with Gasteiger partial charge >= 0.3 is 12.1 Å². The number of carbonyl (C=O) groups is 2. The lowest BCUT2D eigenvalue weighted by Crippen LogP contribution is -2.56. The summed E-state index contributed by atoms with van der Waals surface area (Å²) >= 11 is 0. The lowest BCUT2D eigenvalue weighted by Gasteiger charge is -2.38. The van der Waals surface area contributed by atoms with Gasteiger partial charge in [0, 0.05) is 11.5 Å². The number of nitrogens with zero attached hydrogens (tertiary/aromatic N) is 5. The van der Waals surface area contributed by atoms with Crippen LogP contribution in [0, 0.1) is 0 Å². The Morgan fingerprint density at radius 2 is 1.76 bits per heavy atom. The van der Waals surface area contributed by atoms with Crippen molar-refractivity contribution in [1.82, 2.24) is 10.00 Å². The SMILES string of the molecule is CC(C)(C)OC(=O)NC[C@@H](C[n+]1cc(-c2ccc3c(c2)CC[C@H]([C@](C)(ON)C(=O)OC(C)(C)C)O3)cn1CCCN=[N+]=[N-])O[Si](C)(C)C(C)(C)C. The van der Waals surface area contributed by atoms with E-state index in [9.17, 15) is 9.59 Å². The van der Waals surface area contributed by atoms with Crippen LogP contribution in [0.15, 0.2) is 35.7 Å². The Balaban J connectivity index is 1.93. The van der Waals surface area contributed by atoms with Gasteiger partial charge in [-0.3, -0.25) is 4.84 Å². The van der Waals surface area contributed by atoms with Gasteiger partial charge in [-0.05, 0) is 115 Å². The van der Waals surface area contributed by atoms with Crippen LogP contribution in [0.2, 0.25) is 18.1 Å². The summed E-state index contributed by atoms with van der Waals surface area (Å²) in [5, 5.41) is 6.59. The number of nitrogens with one attached hydrogen (secondary N) is 1. The number of azide groups is 1. The average molecular weight is 731 g/mol. The first-order valence-electron chi connectivity index (χ1n) is 17.6. The monoisotopic (exact) mass is 730 g/mol. The van der Waals surface area contributed by atoms with E-state index < -0.39 is 43.3 Å². The first-order valence-corrected chi connectivity index (χ1v) is 20.6. The molecule has 1 aliphatic rings. The molecular weight excluding hydrogens is 671 g/mol. The second kappa shape index (κ2) is 16.4. The number of benzene rings is 1. The molecule has 15 heteroatoms. The van der Waals surface area contributed by atoms with Crippen molar-refractivity contribution in [2.24, 2.45) is 11.0 Å². The molecule has 0 unspecified atom stereocenters.